The average Bonchev–Trinajstić information content (AvgIpc) is 2.82. The van der Waals surface area contributed by atoms with Gasteiger partial charge in [0, 0.05) is 12.5 Å². The van der Waals surface area contributed by atoms with Crippen molar-refractivity contribution in [2.75, 3.05) is 6.54 Å². The summed E-state index contributed by atoms with van der Waals surface area (Å²) >= 11 is 0. The Morgan fingerprint density at radius 2 is 2.10 bits per heavy atom. The number of nitrogens with two attached hydrogens (primary N) is 1. The van der Waals surface area contributed by atoms with Gasteiger partial charge in [0.2, 0.25) is 5.91 Å². The van der Waals surface area contributed by atoms with E-state index in [2.05, 4.69) is 15.6 Å². The van der Waals surface area contributed by atoms with Gasteiger partial charge in [0.1, 0.15) is 6.04 Å². The van der Waals surface area contributed by atoms with E-state index < -0.39 is 12.0 Å². The minimum absolute atomic E-state index is 0.0605. The lowest BCUT2D eigenvalue weighted by atomic mass is 10.1. The normalized spacial score (nSPS) is 13.7. The fourth-order valence-corrected chi connectivity index (χ4v) is 2.14. The van der Waals surface area contributed by atoms with Crippen molar-refractivity contribution in [2.45, 2.75) is 52.1 Å². The van der Waals surface area contributed by atoms with Crippen LogP contribution in [-0.4, -0.2) is 44.6 Å². The summed E-state index contributed by atoms with van der Waals surface area (Å²) in [4.78, 5) is 23.3. The van der Waals surface area contributed by atoms with Gasteiger partial charge in [-0.15, -0.1) is 5.10 Å². The van der Waals surface area contributed by atoms with Crippen LogP contribution in [0.1, 0.15) is 55.8 Å². The zero-order chi connectivity index (χ0) is 16.0. The predicted molar refractivity (Wildman–Crippen MR) is 77.0 cm³/mol. The molecule has 2 atom stereocenters. The van der Waals surface area contributed by atoms with Crippen molar-refractivity contribution < 1.29 is 14.7 Å². The first kappa shape index (κ1) is 17.1. The highest BCUT2D eigenvalue weighted by atomic mass is 16.4. The smallest absolute Gasteiger partial charge is 0.358 e. The van der Waals surface area contributed by atoms with Gasteiger partial charge in [0.05, 0.1) is 5.69 Å². The molecule has 0 aromatic carbocycles. The second-order valence-electron chi connectivity index (χ2n) is 5.05. The molecule has 1 heterocycles. The van der Waals surface area contributed by atoms with Crippen LogP contribution < -0.4 is 11.1 Å². The molecule has 0 bridgehead atoms. The van der Waals surface area contributed by atoms with Crippen molar-refractivity contribution >= 4 is 11.9 Å². The molecule has 0 aliphatic carbocycles. The molecule has 4 N–H and O–H groups in total. The van der Waals surface area contributed by atoms with E-state index in [4.69, 9.17) is 10.8 Å². The highest BCUT2D eigenvalue weighted by Gasteiger charge is 2.25. The van der Waals surface area contributed by atoms with Gasteiger partial charge in [-0.25, -0.2) is 9.48 Å². The molecule has 0 fully saturated rings. The van der Waals surface area contributed by atoms with Crippen LogP contribution >= 0.6 is 0 Å². The molecule has 8 heteroatoms. The van der Waals surface area contributed by atoms with E-state index in [9.17, 15) is 9.59 Å². The zero-order valence-corrected chi connectivity index (χ0v) is 12.7. The van der Waals surface area contributed by atoms with Crippen molar-refractivity contribution in [3.8, 4) is 0 Å². The van der Waals surface area contributed by atoms with Crippen molar-refractivity contribution in [1.82, 2.24) is 20.3 Å². The number of carboxylic acids is 1. The van der Waals surface area contributed by atoms with E-state index in [0.717, 1.165) is 12.8 Å². The number of aromatic nitrogens is 3. The SMILES string of the molecule is CCCC(C)NC(=O)C(C)n1nnc(C(=O)O)c1CCN. The summed E-state index contributed by atoms with van der Waals surface area (Å²) in [5, 5.41) is 19.4. The minimum atomic E-state index is -1.17. The lowest BCUT2D eigenvalue weighted by molar-refractivity contribution is -0.124. The number of aromatic carboxylic acids is 1. The van der Waals surface area contributed by atoms with Crippen molar-refractivity contribution in [2.24, 2.45) is 5.73 Å². The Kier molecular flexibility index (Phi) is 6.29. The number of nitrogens with zero attached hydrogens (tertiary/aromatic N) is 3. The number of carbonyl (C=O) groups excluding carboxylic acids is 1. The van der Waals surface area contributed by atoms with E-state index >= 15 is 0 Å². The topological polar surface area (TPSA) is 123 Å². The van der Waals surface area contributed by atoms with Gasteiger partial charge >= 0.3 is 5.97 Å². The molecule has 1 aromatic rings. The standard InChI is InChI=1S/C13H23N5O3/c1-4-5-8(2)15-12(19)9(3)18-10(6-7-14)11(13(20)21)16-17-18/h8-9H,4-7,14H2,1-3H3,(H,15,19)(H,20,21). The lowest BCUT2D eigenvalue weighted by Crippen LogP contribution is -2.38. The Morgan fingerprint density at radius 1 is 1.43 bits per heavy atom. The molecular weight excluding hydrogens is 274 g/mol. The molecular formula is C13H23N5O3. The highest BCUT2D eigenvalue weighted by Crippen LogP contribution is 2.13. The van der Waals surface area contributed by atoms with Gasteiger partial charge in [-0.2, -0.15) is 0 Å². The van der Waals surface area contributed by atoms with Crippen LogP contribution in [-0.2, 0) is 11.2 Å². The van der Waals surface area contributed by atoms with Gasteiger partial charge in [0.15, 0.2) is 5.69 Å². The minimum Gasteiger partial charge on any atom is -0.476 e. The Bertz CT molecular complexity index is 500. The number of carbonyl (C=O) groups is 2. The van der Waals surface area contributed by atoms with Crippen LogP contribution in [0.4, 0.5) is 0 Å². The van der Waals surface area contributed by atoms with Crippen LogP contribution in [0.5, 0.6) is 0 Å². The largest absolute Gasteiger partial charge is 0.476 e. The summed E-state index contributed by atoms with van der Waals surface area (Å²) < 4.78 is 1.34. The molecule has 0 aliphatic rings. The first-order valence-corrected chi connectivity index (χ1v) is 7.10. The summed E-state index contributed by atoms with van der Waals surface area (Å²) in [6.07, 6.45) is 2.16. The monoisotopic (exact) mass is 297 g/mol. The van der Waals surface area contributed by atoms with Crippen molar-refractivity contribution in [3.63, 3.8) is 0 Å². The second kappa shape index (κ2) is 7.72. The molecule has 8 nitrogen and oxygen atoms in total. The summed E-state index contributed by atoms with van der Waals surface area (Å²) in [7, 11) is 0. The molecule has 118 valence electrons. The first-order valence-electron chi connectivity index (χ1n) is 7.10. The van der Waals surface area contributed by atoms with Crippen LogP contribution in [0.3, 0.4) is 0 Å². The van der Waals surface area contributed by atoms with Crippen molar-refractivity contribution in [3.05, 3.63) is 11.4 Å². The van der Waals surface area contributed by atoms with Gasteiger partial charge in [0.25, 0.3) is 0 Å². The van der Waals surface area contributed by atoms with Crippen LogP contribution in [0.15, 0.2) is 0 Å². The molecule has 2 unspecified atom stereocenters. The Labute approximate surface area is 123 Å². The number of nitrogens with one attached hydrogen (secondary N) is 1. The Balaban J connectivity index is 2.93. The van der Waals surface area contributed by atoms with Gasteiger partial charge < -0.3 is 16.2 Å². The van der Waals surface area contributed by atoms with E-state index in [1.807, 2.05) is 13.8 Å². The lowest BCUT2D eigenvalue weighted by Gasteiger charge is -2.18. The molecule has 21 heavy (non-hydrogen) atoms. The van der Waals surface area contributed by atoms with Crippen LogP contribution in [0, 0.1) is 0 Å². The summed E-state index contributed by atoms with van der Waals surface area (Å²) in [6, 6.07) is -0.572. The number of hydrogen-bond acceptors (Lipinski definition) is 5. The highest BCUT2D eigenvalue weighted by molar-refractivity contribution is 5.87. The predicted octanol–water partition coefficient (Wildman–Crippen LogP) is 0.343. The summed E-state index contributed by atoms with van der Waals surface area (Å²) in [5.74, 6) is -1.38. The van der Waals surface area contributed by atoms with E-state index in [0.29, 0.717) is 12.1 Å². The molecule has 1 aromatic heterocycles. The number of rotatable bonds is 8. The Hall–Kier alpha value is -1.96. The van der Waals surface area contributed by atoms with Crippen LogP contribution in [0.25, 0.3) is 0 Å². The van der Waals surface area contributed by atoms with E-state index in [-0.39, 0.29) is 24.2 Å². The quantitative estimate of drug-likeness (QED) is 0.636. The third kappa shape index (κ3) is 4.25. The fourth-order valence-electron chi connectivity index (χ4n) is 2.14. The fraction of sp³-hybridized carbons (Fsp3) is 0.692. The van der Waals surface area contributed by atoms with Crippen LogP contribution in [0.2, 0.25) is 0 Å². The number of hydrogen-bond donors (Lipinski definition) is 3. The zero-order valence-electron chi connectivity index (χ0n) is 12.7. The summed E-state index contributed by atoms with van der Waals surface area (Å²) in [5.41, 5.74) is 5.71. The molecule has 0 spiro atoms. The molecule has 0 saturated heterocycles. The maximum Gasteiger partial charge on any atom is 0.358 e. The van der Waals surface area contributed by atoms with Gasteiger partial charge in [-0.1, -0.05) is 18.6 Å². The van der Waals surface area contributed by atoms with Gasteiger partial charge in [-0.3, -0.25) is 4.79 Å². The maximum absolute atomic E-state index is 12.2. The van der Waals surface area contributed by atoms with Gasteiger partial charge in [-0.05, 0) is 26.8 Å². The molecule has 0 aliphatic heterocycles. The maximum atomic E-state index is 12.2. The molecule has 0 saturated carbocycles. The number of carboxylic acid groups (broad SMARTS) is 1. The molecule has 1 rings (SSSR count). The van der Waals surface area contributed by atoms with E-state index in [1.54, 1.807) is 6.92 Å². The second-order valence-corrected chi connectivity index (χ2v) is 5.05. The van der Waals surface area contributed by atoms with Crippen molar-refractivity contribution in [1.29, 1.82) is 0 Å². The molecule has 1 amide bonds. The number of amides is 1. The summed E-state index contributed by atoms with van der Waals surface area (Å²) in [6.45, 7) is 5.89. The third-order valence-corrected chi connectivity index (χ3v) is 3.23. The van der Waals surface area contributed by atoms with E-state index in [1.165, 1.54) is 4.68 Å². The average molecular weight is 297 g/mol. The Morgan fingerprint density at radius 3 is 2.62 bits per heavy atom. The molecule has 0 radical (unpaired) electrons. The third-order valence-electron chi connectivity index (χ3n) is 3.23. The first-order chi connectivity index (χ1) is 9.92.